The first-order chi connectivity index (χ1) is 12.8. The van der Waals surface area contributed by atoms with E-state index in [0.29, 0.717) is 12.0 Å². The zero-order chi connectivity index (χ0) is 17.8. The molecule has 1 heterocycles. The van der Waals surface area contributed by atoms with Crippen LogP contribution >= 0.6 is 0 Å². The van der Waals surface area contributed by atoms with E-state index >= 15 is 0 Å². The Kier molecular flexibility index (Phi) is 4.48. The second-order valence-electron chi connectivity index (χ2n) is 6.21. The van der Waals surface area contributed by atoms with Crippen LogP contribution in [0.3, 0.4) is 0 Å². The average Bonchev–Trinajstić information content (AvgIpc) is 3.11. The lowest BCUT2D eigenvalue weighted by molar-refractivity contribution is 0.0936. The molecule has 0 aliphatic heterocycles. The number of aromatic nitrogens is 2. The van der Waals surface area contributed by atoms with Crippen LogP contribution in [0.5, 0.6) is 0 Å². The summed E-state index contributed by atoms with van der Waals surface area (Å²) in [6.45, 7) is 0. The highest BCUT2D eigenvalue weighted by Gasteiger charge is 2.18. The van der Waals surface area contributed by atoms with Crippen LogP contribution in [0.2, 0.25) is 0 Å². The average molecular weight is 341 g/mol. The van der Waals surface area contributed by atoms with Crippen molar-refractivity contribution >= 4 is 16.9 Å². The van der Waals surface area contributed by atoms with Crippen molar-refractivity contribution in [2.45, 2.75) is 12.5 Å². The summed E-state index contributed by atoms with van der Waals surface area (Å²) in [4.78, 5) is 20.6. The Morgan fingerprint density at radius 1 is 0.885 bits per heavy atom. The van der Waals surface area contributed by atoms with Gasteiger partial charge < -0.3 is 10.3 Å². The summed E-state index contributed by atoms with van der Waals surface area (Å²) < 4.78 is 0. The summed E-state index contributed by atoms with van der Waals surface area (Å²) in [5, 5.41) is 3.14. The molecule has 2 N–H and O–H groups in total. The lowest BCUT2D eigenvalue weighted by atomic mass is 10.0. The molecule has 1 aromatic heterocycles. The number of nitrogens with zero attached hydrogens (tertiary/aromatic N) is 1. The third-order valence-corrected chi connectivity index (χ3v) is 4.38. The maximum Gasteiger partial charge on any atom is 0.251 e. The Labute approximate surface area is 151 Å². The van der Waals surface area contributed by atoms with Gasteiger partial charge in [0.2, 0.25) is 0 Å². The number of carbonyl (C=O) groups excluding carboxylic acids is 1. The van der Waals surface area contributed by atoms with Crippen LogP contribution < -0.4 is 5.32 Å². The van der Waals surface area contributed by atoms with E-state index in [4.69, 9.17) is 0 Å². The largest absolute Gasteiger partial charge is 0.345 e. The SMILES string of the molecule is O=C(N[C@H](Cc1nc2ccccc2[nH]1)c1ccccc1)c1ccccc1. The van der Waals surface area contributed by atoms with Crippen molar-refractivity contribution in [3.63, 3.8) is 0 Å². The van der Waals surface area contributed by atoms with Crippen molar-refractivity contribution in [3.05, 3.63) is 102 Å². The van der Waals surface area contributed by atoms with Crippen LogP contribution in [0.25, 0.3) is 11.0 Å². The van der Waals surface area contributed by atoms with Gasteiger partial charge in [0.05, 0.1) is 17.1 Å². The molecule has 4 nitrogen and oxygen atoms in total. The summed E-state index contributed by atoms with van der Waals surface area (Å²) in [5.41, 5.74) is 3.64. The minimum atomic E-state index is -0.163. The molecule has 0 aliphatic rings. The van der Waals surface area contributed by atoms with Crippen LogP contribution in [0.1, 0.15) is 27.8 Å². The fourth-order valence-corrected chi connectivity index (χ4v) is 3.06. The molecule has 0 saturated heterocycles. The van der Waals surface area contributed by atoms with Crippen molar-refractivity contribution in [3.8, 4) is 0 Å². The van der Waals surface area contributed by atoms with Crippen LogP contribution in [-0.4, -0.2) is 15.9 Å². The van der Waals surface area contributed by atoms with E-state index in [1.165, 1.54) is 0 Å². The number of H-pyrrole nitrogens is 1. The minimum absolute atomic E-state index is 0.0874. The predicted molar refractivity (Wildman–Crippen MR) is 103 cm³/mol. The third-order valence-electron chi connectivity index (χ3n) is 4.38. The number of imidazole rings is 1. The van der Waals surface area contributed by atoms with E-state index in [0.717, 1.165) is 22.4 Å². The lowest BCUT2D eigenvalue weighted by Crippen LogP contribution is -2.30. The number of amides is 1. The molecule has 0 radical (unpaired) electrons. The number of para-hydroxylation sites is 2. The van der Waals surface area contributed by atoms with Gasteiger partial charge in [0, 0.05) is 12.0 Å². The van der Waals surface area contributed by atoms with E-state index in [2.05, 4.69) is 15.3 Å². The number of nitrogens with one attached hydrogen (secondary N) is 2. The van der Waals surface area contributed by atoms with Crippen LogP contribution in [-0.2, 0) is 6.42 Å². The molecular weight excluding hydrogens is 322 g/mol. The molecule has 128 valence electrons. The van der Waals surface area contributed by atoms with E-state index < -0.39 is 0 Å². The van der Waals surface area contributed by atoms with E-state index in [9.17, 15) is 4.79 Å². The molecule has 4 aromatic rings. The number of hydrogen-bond donors (Lipinski definition) is 2. The van der Waals surface area contributed by atoms with E-state index in [1.807, 2.05) is 84.9 Å². The Bertz CT molecular complexity index is 976. The molecule has 0 unspecified atom stereocenters. The van der Waals surface area contributed by atoms with Gasteiger partial charge in [-0.25, -0.2) is 4.98 Å². The molecule has 26 heavy (non-hydrogen) atoms. The fraction of sp³-hybridized carbons (Fsp3) is 0.0909. The molecule has 0 saturated carbocycles. The normalized spacial score (nSPS) is 12.0. The first kappa shape index (κ1) is 16.1. The topological polar surface area (TPSA) is 57.8 Å². The standard InChI is InChI=1S/C22H19N3O/c26-22(17-11-5-2-6-12-17)25-20(16-9-3-1-4-10-16)15-21-23-18-13-7-8-14-19(18)24-21/h1-14,20H,15H2,(H,23,24)(H,25,26)/t20-/m1/s1. The summed E-state index contributed by atoms with van der Waals surface area (Å²) in [5.74, 6) is 0.768. The Balaban J connectivity index is 1.61. The van der Waals surface area contributed by atoms with Gasteiger partial charge in [0.25, 0.3) is 5.91 Å². The van der Waals surface area contributed by atoms with Crippen LogP contribution in [0.15, 0.2) is 84.9 Å². The molecular formula is C22H19N3O. The van der Waals surface area contributed by atoms with Gasteiger partial charge in [0.1, 0.15) is 5.82 Å². The van der Waals surface area contributed by atoms with Gasteiger partial charge in [-0.3, -0.25) is 4.79 Å². The summed E-state index contributed by atoms with van der Waals surface area (Å²) in [6.07, 6.45) is 0.595. The van der Waals surface area contributed by atoms with Crippen molar-refractivity contribution in [1.82, 2.24) is 15.3 Å². The van der Waals surface area contributed by atoms with Gasteiger partial charge in [0.15, 0.2) is 0 Å². The van der Waals surface area contributed by atoms with Gasteiger partial charge >= 0.3 is 0 Å². The molecule has 1 atom stereocenters. The summed E-state index contributed by atoms with van der Waals surface area (Å²) in [6, 6.07) is 27.0. The first-order valence-electron chi connectivity index (χ1n) is 8.64. The second kappa shape index (κ2) is 7.23. The van der Waals surface area contributed by atoms with Crippen molar-refractivity contribution < 1.29 is 4.79 Å². The highest BCUT2D eigenvalue weighted by atomic mass is 16.1. The number of hydrogen-bond acceptors (Lipinski definition) is 2. The number of benzene rings is 3. The van der Waals surface area contributed by atoms with Crippen molar-refractivity contribution in [1.29, 1.82) is 0 Å². The molecule has 1 amide bonds. The highest BCUT2D eigenvalue weighted by molar-refractivity contribution is 5.94. The number of aromatic amines is 1. The molecule has 0 spiro atoms. The molecule has 3 aromatic carbocycles. The van der Waals surface area contributed by atoms with Gasteiger partial charge in [-0.15, -0.1) is 0 Å². The van der Waals surface area contributed by atoms with E-state index in [1.54, 1.807) is 0 Å². The van der Waals surface area contributed by atoms with Gasteiger partial charge in [-0.05, 0) is 29.8 Å². The first-order valence-corrected chi connectivity index (χ1v) is 8.64. The van der Waals surface area contributed by atoms with Crippen LogP contribution in [0.4, 0.5) is 0 Å². The third kappa shape index (κ3) is 3.49. The maximum atomic E-state index is 12.6. The van der Waals surface area contributed by atoms with E-state index in [-0.39, 0.29) is 11.9 Å². The predicted octanol–water partition coefficient (Wildman–Crippen LogP) is 4.28. The van der Waals surface area contributed by atoms with Crippen LogP contribution in [0, 0.1) is 0 Å². The quantitative estimate of drug-likeness (QED) is 0.569. The van der Waals surface area contributed by atoms with Crippen molar-refractivity contribution in [2.24, 2.45) is 0 Å². The minimum Gasteiger partial charge on any atom is -0.345 e. The molecule has 0 bridgehead atoms. The molecule has 0 fully saturated rings. The van der Waals surface area contributed by atoms with Crippen molar-refractivity contribution in [2.75, 3.05) is 0 Å². The second-order valence-corrected chi connectivity index (χ2v) is 6.21. The molecule has 0 aliphatic carbocycles. The monoisotopic (exact) mass is 341 g/mol. The zero-order valence-corrected chi connectivity index (χ0v) is 14.2. The fourth-order valence-electron chi connectivity index (χ4n) is 3.06. The smallest absolute Gasteiger partial charge is 0.251 e. The van der Waals surface area contributed by atoms with Gasteiger partial charge in [-0.2, -0.15) is 0 Å². The van der Waals surface area contributed by atoms with Gasteiger partial charge in [-0.1, -0.05) is 60.7 Å². The Hall–Kier alpha value is -3.40. The number of fused-ring (bicyclic) bond motifs is 1. The maximum absolute atomic E-state index is 12.6. The lowest BCUT2D eigenvalue weighted by Gasteiger charge is -2.18. The highest BCUT2D eigenvalue weighted by Crippen LogP contribution is 2.20. The summed E-state index contributed by atoms with van der Waals surface area (Å²) in [7, 11) is 0. The Morgan fingerprint density at radius 3 is 2.27 bits per heavy atom. The summed E-state index contributed by atoms with van der Waals surface area (Å²) >= 11 is 0. The zero-order valence-electron chi connectivity index (χ0n) is 14.2. The molecule has 4 rings (SSSR count). The molecule has 4 heteroatoms. The number of rotatable bonds is 5. The number of carbonyl (C=O) groups is 1. The Morgan fingerprint density at radius 2 is 1.54 bits per heavy atom.